The molecule has 0 saturated carbocycles. The van der Waals surface area contributed by atoms with E-state index in [-0.39, 0.29) is 5.54 Å². The zero-order valence-corrected chi connectivity index (χ0v) is 14.7. The van der Waals surface area contributed by atoms with E-state index in [0.29, 0.717) is 5.82 Å². The molecule has 0 bridgehead atoms. The summed E-state index contributed by atoms with van der Waals surface area (Å²) >= 11 is 1.55. The maximum atomic E-state index is 5.60. The van der Waals surface area contributed by atoms with Crippen molar-refractivity contribution in [1.82, 2.24) is 15.0 Å². The quantitative estimate of drug-likeness (QED) is 0.757. The first-order valence-electron chi connectivity index (χ1n) is 8.46. The van der Waals surface area contributed by atoms with E-state index in [1.54, 1.807) is 23.7 Å². The Kier molecular flexibility index (Phi) is 4.72. The number of anilines is 1. The molecule has 0 radical (unpaired) electrons. The number of hydrogen-bond acceptors (Lipinski definition) is 6. The smallest absolute Gasteiger partial charge is 0.190 e. The Bertz CT molecular complexity index is 801. The number of hydrogen-bond donors (Lipinski definition) is 1. The summed E-state index contributed by atoms with van der Waals surface area (Å²) in [7, 11) is 0. The Morgan fingerprint density at radius 2 is 1.88 bits per heavy atom. The third-order valence-corrected chi connectivity index (χ3v) is 5.28. The Hall–Kier alpha value is -2.31. The van der Waals surface area contributed by atoms with Crippen molar-refractivity contribution >= 4 is 17.2 Å². The normalized spacial score (nSPS) is 16.5. The van der Waals surface area contributed by atoms with Gasteiger partial charge in [-0.1, -0.05) is 30.3 Å². The predicted octanol–water partition coefficient (Wildman–Crippen LogP) is 3.80. The van der Waals surface area contributed by atoms with Gasteiger partial charge in [-0.3, -0.25) is 0 Å². The summed E-state index contributed by atoms with van der Waals surface area (Å²) in [6, 6.07) is 12.5. The molecular weight excluding hydrogens is 332 g/mol. The van der Waals surface area contributed by atoms with E-state index in [0.717, 1.165) is 43.3 Å². The topological polar surface area (TPSA) is 59.9 Å². The van der Waals surface area contributed by atoms with Gasteiger partial charge in [-0.25, -0.2) is 15.0 Å². The van der Waals surface area contributed by atoms with Crippen molar-refractivity contribution in [3.05, 3.63) is 59.7 Å². The Balaban J connectivity index is 1.59. The van der Waals surface area contributed by atoms with Gasteiger partial charge >= 0.3 is 0 Å². The molecule has 4 rings (SSSR count). The van der Waals surface area contributed by atoms with Gasteiger partial charge in [-0.05, 0) is 30.9 Å². The van der Waals surface area contributed by atoms with Crippen LogP contribution in [-0.2, 0) is 11.2 Å². The molecule has 3 aromatic rings. The van der Waals surface area contributed by atoms with Crippen LogP contribution in [0.25, 0.3) is 10.8 Å². The molecule has 25 heavy (non-hydrogen) atoms. The Morgan fingerprint density at radius 3 is 2.64 bits per heavy atom. The van der Waals surface area contributed by atoms with Gasteiger partial charge in [-0.2, -0.15) is 0 Å². The van der Waals surface area contributed by atoms with Gasteiger partial charge < -0.3 is 10.1 Å². The summed E-state index contributed by atoms with van der Waals surface area (Å²) in [5.74, 6) is 1.51. The lowest BCUT2D eigenvalue weighted by Crippen LogP contribution is -2.45. The highest BCUT2D eigenvalue weighted by molar-refractivity contribution is 7.13. The first kappa shape index (κ1) is 16.2. The van der Waals surface area contributed by atoms with Gasteiger partial charge in [0.05, 0.1) is 0 Å². The lowest BCUT2D eigenvalue weighted by molar-refractivity contribution is 0.0602. The average molecular weight is 352 g/mol. The number of thiazole rings is 1. The van der Waals surface area contributed by atoms with Crippen LogP contribution >= 0.6 is 11.3 Å². The number of nitrogens with one attached hydrogen (secondary N) is 1. The van der Waals surface area contributed by atoms with E-state index in [1.165, 1.54) is 5.56 Å². The molecule has 1 saturated heterocycles. The van der Waals surface area contributed by atoms with Crippen molar-refractivity contribution in [3.8, 4) is 10.8 Å². The van der Waals surface area contributed by atoms with E-state index in [1.807, 2.05) is 11.4 Å². The summed E-state index contributed by atoms with van der Waals surface area (Å²) in [4.78, 5) is 13.3. The molecular formula is C19H20N4OS. The minimum atomic E-state index is -0.0475. The van der Waals surface area contributed by atoms with E-state index in [2.05, 4.69) is 50.6 Å². The van der Waals surface area contributed by atoms with Crippen LogP contribution in [0.2, 0.25) is 0 Å². The molecule has 1 N–H and O–H groups in total. The third kappa shape index (κ3) is 3.86. The van der Waals surface area contributed by atoms with Crippen LogP contribution in [0.3, 0.4) is 0 Å². The van der Waals surface area contributed by atoms with Crippen molar-refractivity contribution in [2.24, 2.45) is 0 Å². The number of ether oxygens (including phenoxy) is 1. The largest absolute Gasteiger partial charge is 0.381 e. The fourth-order valence-corrected chi connectivity index (χ4v) is 3.81. The van der Waals surface area contributed by atoms with Crippen LogP contribution in [0.5, 0.6) is 0 Å². The van der Waals surface area contributed by atoms with E-state index in [4.69, 9.17) is 4.74 Å². The molecule has 1 aliphatic heterocycles. The summed E-state index contributed by atoms with van der Waals surface area (Å²) in [6.45, 7) is 1.54. The molecule has 1 aliphatic rings. The maximum absolute atomic E-state index is 5.60. The molecule has 0 amide bonds. The van der Waals surface area contributed by atoms with Crippen molar-refractivity contribution in [1.29, 1.82) is 0 Å². The fourth-order valence-electron chi connectivity index (χ4n) is 3.23. The zero-order valence-electron chi connectivity index (χ0n) is 13.9. The highest BCUT2D eigenvalue weighted by Gasteiger charge is 2.33. The monoisotopic (exact) mass is 352 g/mol. The standard InChI is InChI=1S/C19H20N4OS/c1-2-4-15(5-3-1)14-19(7-11-24-12-8-19)23-16-6-9-20-17(22-16)18-21-10-13-25-18/h1-6,9-10,13H,7-8,11-12,14H2,(H,20,22,23). The molecule has 3 heterocycles. The highest BCUT2D eigenvalue weighted by atomic mass is 32.1. The van der Waals surface area contributed by atoms with Crippen molar-refractivity contribution in [2.75, 3.05) is 18.5 Å². The van der Waals surface area contributed by atoms with E-state index >= 15 is 0 Å². The summed E-state index contributed by atoms with van der Waals surface area (Å²) in [5.41, 5.74) is 1.28. The number of benzene rings is 1. The second-order valence-corrected chi connectivity index (χ2v) is 7.18. The third-order valence-electron chi connectivity index (χ3n) is 4.51. The van der Waals surface area contributed by atoms with Crippen LogP contribution in [-0.4, -0.2) is 33.7 Å². The van der Waals surface area contributed by atoms with Gasteiger partial charge in [0.1, 0.15) is 5.82 Å². The Morgan fingerprint density at radius 1 is 1.04 bits per heavy atom. The summed E-state index contributed by atoms with van der Waals surface area (Å²) < 4.78 is 5.60. The van der Waals surface area contributed by atoms with Crippen LogP contribution in [0.15, 0.2) is 54.2 Å². The van der Waals surface area contributed by atoms with Crippen molar-refractivity contribution < 1.29 is 4.74 Å². The molecule has 1 fully saturated rings. The first-order chi connectivity index (χ1) is 12.3. The molecule has 1 aromatic carbocycles. The molecule has 2 aromatic heterocycles. The number of nitrogens with zero attached hydrogens (tertiary/aromatic N) is 3. The summed E-state index contributed by atoms with van der Waals surface area (Å²) in [5, 5.41) is 6.47. The molecule has 5 nitrogen and oxygen atoms in total. The van der Waals surface area contributed by atoms with Gasteiger partial charge in [0.25, 0.3) is 0 Å². The molecule has 0 unspecified atom stereocenters. The maximum Gasteiger partial charge on any atom is 0.190 e. The van der Waals surface area contributed by atoms with Crippen LogP contribution in [0.4, 0.5) is 5.82 Å². The lowest BCUT2D eigenvalue weighted by Gasteiger charge is -2.38. The minimum absolute atomic E-state index is 0.0475. The van der Waals surface area contributed by atoms with Gasteiger partial charge in [0.15, 0.2) is 10.8 Å². The second-order valence-electron chi connectivity index (χ2n) is 6.28. The van der Waals surface area contributed by atoms with Crippen LogP contribution in [0.1, 0.15) is 18.4 Å². The first-order valence-corrected chi connectivity index (χ1v) is 9.34. The Labute approximate surface area is 151 Å². The predicted molar refractivity (Wildman–Crippen MR) is 99.7 cm³/mol. The lowest BCUT2D eigenvalue weighted by atomic mass is 9.83. The van der Waals surface area contributed by atoms with Crippen molar-refractivity contribution in [3.63, 3.8) is 0 Å². The van der Waals surface area contributed by atoms with Gasteiger partial charge in [0.2, 0.25) is 0 Å². The van der Waals surface area contributed by atoms with E-state index < -0.39 is 0 Å². The summed E-state index contributed by atoms with van der Waals surface area (Å²) in [6.07, 6.45) is 6.44. The molecule has 128 valence electrons. The van der Waals surface area contributed by atoms with Crippen LogP contribution in [0, 0.1) is 0 Å². The van der Waals surface area contributed by atoms with E-state index in [9.17, 15) is 0 Å². The van der Waals surface area contributed by atoms with Crippen molar-refractivity contribution in [2.45, 2.75) is 24.8 Å². The van der Waals surface area contributed by atoms with Gasteiger partial charge in [0, 0.05) is 36.5 Å². The minimum Gasteiger partial charge on any atom is -0.381 e. The molecule has 6 heteroatoms. The number of rotatable bonds is 5. The SMILES string of the molecule is c1ccc(CC2(Nc3ccnc(-c4nccs4)n3)CCOCC2)cc1. The van der Waals surface area contributed by atoms with Gasteiger partial charge in [-0.15, -0.1) is 11.3 Å². The second kappa shape index (κ2) is 7.29. The zero-order chi connectivity index (χ0) is 17.0. The molecule has 0 atom stereocenters. The molecule has 0 aliphatic carbocycles. The average Bonchev–Trinajstić information content (AvgIpc) is 3.18. The van der Waals surface area contributed by atoms with Crippen LogP contribution < -0.4 is 5.32 Å². The molecule has 0 spiro atoms. The highest BCUT2D eigenvalue weighted by Crippen LogP contribution is 2.30. The fraction of sp³-hybridized carbons (Fsp3) is 0.316. The number of aromatic nitrogens is 3.